The molecule has 0 aromatic rings. The minimum Gasteiger partial charge on any atom is -0.314 e. The van der Waals surface area contributed by atoms with Crippen LogP contribution in [-0.4, -0.2) is 61.7 Å². The molecular formula is C17H35N3. The van der Waals surface area contributed by atoms with Gasteiger partial charge in [0.25, 0.3) is 0 Å². The van der Waals surface area contributed by atoms with Crippen molar-refractivity contribution in [1.82, 2.24) is 15.1 Å². The third-order valence-corrected chi connectivity index (χ3v) is 4.88. The topological polar surface area (TPSA) is 18.5 Å². The molecule has 1 aliphatic carbocycles. The zero-order chi connectivity index (χ0) is 14.2. The van der Waals surface area contributed by atoms with Gasteiger partial charge in [-0.3, -0.25) is 0 Å². The molecule has 2 aliphatic rings. The zero-order valence-electron chi connectivity index (χ0n) is 13.7. The number of nitrogens with one attached hydrogen (secondary N) is 1. The molecule has 3 heteroatoms. The van der Waals surface area contributed by atoms with Crippen LogP contribution >= 0.6 is 0 Å². The largest absolute Gasteiger partial charge is 0.314 e. The standard InChI is InChI=1S/C17H35N3/c1-3-9-18-17(4-2)6-5-10-19-11-13-20(14-12-19)15-16-7-8-16/h16-18H,3-15H2,1-2H3. The number of hydrogen-bond acceptors (Lipinski definition) is 3. The molecule has 20 heavy (non-hydrogen) atoms. The smallest absolute Gasteiger partial charge is 0.0110 e. The van der Waals surface area contributed by atoms with Gasteiger partial charge >= 0.3 is 0 Å². The second kappa shape index (κ2) is 9.01. The van der Waals surface area contributed by atoms with E-state index in [9.17, 15) is 0 Å². The molecule has 0 aromatic carbocycles. The highest BCUT2D eigenvalue weighted by Crippen LogP contribution is 2.29. The summed E-state index contributed by atoms with van der Waals surface area (Å²) >= 11 is 0. The fourth-order valence-electron chi connectivity index (χ4n) is 3.22. The van der Waals surface area contributed by atoms with Crippen molar-refractivity contribution in [3.8, 4) is 0 Å². The molecule has 2 rings (SSSR count). The lowest BCUT2D eigenvalue weighted by Gasteiger charge is -2.35. The molecule has 0 bridgehead atoms. The highest BCUT2D eigenvalue weighted by molar-refractivity contribution is 4.80. The Labute approximate surface area is 126 Å². The molecule has 0 spiro atoms. The molecule has 118 valence electrons. The summed E-state index contributed by atoms with van der Waals surface area (Å²) in [5.41, 5.74) is 0. The van der Waals surface area contributed by atoms with Gasteiger partial charge in [-0.2, -0.15) is 0 Å². The first-order valence-electron chi connectivity index (χ1n) is 9.00. The lowest BCUT2D eigenvalue weighted by molar-refractivity contribution is 0.126. The quantitative estimate of drug-likeness (QED) is 0.664. The van der Waals surface area contributed by atoms with Crippen LogP contribution in [0.25, 0.3) is 0 Å². The Morgan fingerprint density at radius 3 is 2.35 bits per heavy atom. The van der Waals surface area contributed by atoms with Crippen molar-refractivity contribution in [1.29, 1.82) is 0 Å². The average Bonchev–Trinajstić information content (AvgIpc) is 3.28. The second-order valence-corrected chi connectivity index (χ2v) is 6.79. The Bertz CT molecular complexity index is 245. The summed E-state index contributed by atoms with van der Waals surface area (Å²) in [4.78, 5) is 5.36. The average molecular weight is 281 g/mol. The first kappa shape index (κ1) is 16.3. The van der Waals surface area contributed by atoms with Crippen LogP contribution in [0.2, 0.25) is 0 Å². The van der Waals surface area contributed by atoms with Crippen LogP contribution < -0.4 is 5.32 Å². The second-order valence-electron chi connectivity index (χ2n) is 6.79. The number of rotatable bonds is 10. The van der Waals surface area contributed by atoms with Crippen molar-refractivity contribution in [2.75, 3.05) is 45.8 Å². The number of nitrogens with zero attached hydrogens (tertiary/aromatic N) is 2. The van der Waals surface area contributed by atoms with Gasteiger partial charge in [0, 0.05) is 38.8 Å². The van der Waals surface area contributed by atoms with E-state index in [4.69, 9.17) is 0 Å². The van der Waals surface area contributed by atoms with E-state index in [1.165, 1.54) is 84.3 Å². The molecule has 1 aliphatic heterocycles. The molecule has 1 atom stereocenters. The fourth-order valence-corrected chi connectivity index (χ4v) is 3.22. The minimum atomic E-state index is 0.742. The Morgan fingerprint density at radius 2 is 1.75 bits per heavy atom. The highest BCUT2D eigenvalue weighted by Gasteiger charge is 2.26. The van der Waals surface area contributed by atoms with Gasteiger partial charge in [-0.25, -0.2) is 0 Å². The van der Waals surface area contributed by atoms with Crippen molar-refractivity contribution in [2.45, 2.75) is 58.4 Å². The Kier molecular flexibility index (Phi) is 7.32. The van der Waals surface area contributed by atoms with Crippen molar-refractivity contribution >= 4 is 0 Å². The molecule has 1 heterocycles. The highest BCUT2D eigenvalue weighted by atomic mass is 15.3. The lowest BCUT2D eigenvalue weighted by Crippen LogP contribution is -2.47. The summed E-state index contributed by atoms with van der Waals surface area (Å²) < 4.78 is 0. The predicted molar refractivity (Wildman–Crippen MR) is 87.2 cm³/mol. The molecule has 1 saturated carbocycles. The van der Waals surface area contributed by atoms with Gasteiger partial charge in [-0.15, -0.1) is 0 Å². The summed E-state index contributed by atoms with van der Waals surface area (Å²) in [5.74, 6) is 1.05. The van der Waals surface area contributed by atoms with Gasteiger partial charge in [0.15, 0.2) is 0 Å². The van der Waals surface area contributed by atoms with Crippen LogP contribution in [0.5, 0.6) is 0 Å². The summed E-state index contributed by atoms with van der Waals surface area (Å²) in [5, 5.41) is 3.67. The first-order chi connectivity index (χ1) is 9.81. The van der Waals surface area contributed by atoms with Gasteiger partial charge in [0.2, 0.25) is 0 Å². The normalized spacial score (nSPS) is 23.1. The van der Waals surface area contributed by atoms with Gasteiger partial charge in [-0.1, -0.05) is 13.8 Å². The Hall–Kier alpha value is -0.120. The summed E-state index contributed by atoms with van der Waals surface area (Å²) in [7, 11) is 0. The molecule has 3 nitrogen and oxygen atoms in total. The SMILES string of the molecule is CCCNC(CC)CCCN1CCN(CC2CC2)CC1. The number of piperazine rings is 1. The third kappa shape index (κ3) is 6.11. The van der Waals surface area contributed by atoms with Crippen LogP contribution in [0.3, 0.4) is 0 Å². The molecule has 1 saturated heterocycles. The first-order valence-corrected chi connectivity index (χ1v) is 9.00. The van der Waals surface area contributed by atoms with Gasteiger partial charge in [-0.05, 0) is 57.5 Å². The number of hydrogen-bond donors (Lipinski definition) is 1. The Balaban J connectivity index is 1.51. The van der Waals surface area contributed by atoms with Crippen molar-refractivity contribution in [2.24, 2.45) is 5.92 Å². The summed E-state index contributed by atoms with van der Waals surface area (Å²) in [6, 6.07) is 0.742. The van der Waals surface area contributed by atoms with Crippen LogP contribution in [0.1, 0.15) is 52.4 Å². The maximum Gasteiger partial charge on any atom is 0.0110 e. The Morgan fingerprint density at radius 1 is 1.05 bits per heavy atom. The maximum atomic E-state index is 3.67. The van der Waals surface area contributed by atoms with Crippen LogP contribution in [0, 0.1) is 5.92 Å². The molecule has 1 unspecified atom stereocenters. The molecule has 1 N–H and O–H groups in total. The van der Waals surface area contributed by atoms with E-state index in [1.807, 2.05) is 0 Å². The van der Waals surface area contributed by atoms with Crippen LogP contribution in [0.15, 0.2) is 0 Å². The third-order valence-electron chi connectivity index (χ3n) is 4.88. The van der Waals surface area contributed by atoms with Gasteiger partial charge < -0.3 is 15.1 Å². The summed E-state index contributed by atoms with van der Waals surface area (Å²) in [6.07, 6.45) is 8.21. The van der Waals surface area contributed by atoms with E-state index in [1.54, 1.807) is 0 Å². The monoisotopic (exact) mass is 281 g/mol. The lowest BCUT2D eigenvalue weighted by atomic mass is 10.1. The molecular weight excluding hydrogens is 246 g/mol. The van der Waals surface area contributed by atoms with E-state index in [2.05, 4.69) is 29.0 Å². The summed E-state index contributed by atoms with van der Waals surface area (Å²) in [6.45, 7) is 13.6. The van der Waals surface area contributed by atoms with E-state index in [0.29, 0.717) is 0 Å². The van der Waals surface area contributed by atoms with Crippen molar-refractivity contribution in [3.05, 3.63) is 0 Å². The molecule has 0 radical (unpaired) electrons. The van der Waals surface area contributed by atoms with E-state index in [-0.39, 0.29) is 0 Å². The van der Waals surface area contributed by atoms with Crippen LogP contribution in [0.4, 0.5) is 0 Å². The van der Waals surface area contributed by atoms with E-state index >= 15 is 0 Å². The van der Waals surface area contributed by atoms with Gasteiger partial charge in [0.05, 0.1) is 0 Å². The minimum absolute atomic E-state index is 0.742. The predicted octanol–water partition coefficient (Wildman–Crippen LogP) is 2.57. The molecule has 0 aromatic heterocycles. The van der Waals surface area contributed by atoms with Crippen molar-refractivity contribution in [3.63, 3.8) is 0 Å². The van der Waals surface area contributed by atoms with E-state index in [0.717, 1.165) is 12.0 Å². The zero-order valence-corrected chi connectivity index (χ0v) is 13.7. The van der Waals surface area contributed by atoms with Crippen LogP contribution in [-0.2, 0) is 0 Å². The fraction of sp³-hybridized carbons (Fsp3) is 1.00. The maximum absolute atomic E-state index is 3.67. The van der Waals surface area contributed by atoms with Gasteiger partial charge in [0.1, 0.15) is 0 Å². The molecule has 0 amide bonds. The van der Waals surface area contributed by atoms with Crippen molar-refractivity contribution < 1.29 is 0 Å². The van der Waals surface area contributed by atoms with E-state index < -0.39 is 0 Å². The molecule has 2 fully saturated rings.